The van der Waals surface area contributed by atoms with Gasteiger partial charge in [-0.05, 0) is 55.5 Å². The third-order valence-corrected chi connectivity index (χ3v) is 11.3. The predicted molar refractivity (Wildman–Crippen MR) is 159 cm³/mol. The fourth-order valence-corrected chi connectivity index (χ4v) is 8.23. The Labute approximate surface area is 244 Å². The summed E-state index contributed by atoms with van der Waals surface area (Å²) in [5, 5.41) is 22.7. The summed E-state index contributed by atoms with van der Waals surface area (Å²) in [7, 11) is -2.96. The molecule has 0 radical (unpaired) electrons. The standard InChI is InChI=1S/C31H31N5O3S2/c32-19-21-5-7-23(8-6-21)30-34-27(25-3-1-2-4-26(25)29(37)35-31(20-33)13-14-31)28(40-30)22-9-11-24(12-10-22)36-15-17-41(38,39)18-16-36/h5-12,25-26H,1-4,13-18H2,(H,35,37)/t25-,26-/m1/s1. The lowest BCUT2D eigenvalue weighted by Gasteiger charge is -2.31. The molecule has 1 N–H and O–H groups in total. The van der Waals surface area contributed by atoms with E-state index in [4.69, 9.17) is 4.98 Å². The zero-order valence-corrected chi connectivity index (χ0v) is 24.3. The van der Waals surface area contributed by atoms with Crippen molar-refractivity contribution in [2.45, 2.75) is 50.0 Å². The number of sulfone groups is 1. The fourth-order valence-electron chi connectivity index (χ4n) is 5.89. The Balaban J connectivity index is 1.35. The summed E-state index contributed by atoms with van der Waals surface area (Å²) >= 11 is 1.59. The van der Waals surface area contributed by atoms with Crippen LogP contribution in [-0.2, 0) is 14.6 Å². The molecule has 3 aromatic rings. The first kappa shape index (κ1) is 27.4. The molecule has 8 nitrogen and oxygen atoms in total. The first-order chi connectivity index (χ1) is 19.8. The maximum Gasteiger partial charge on any atom is 0.225 e. The average molecular weight is 586 g/mol. The summed E-state index contributed by atoms with van der Waals surface area (Å²) < 4.78 is 23.8. The highest BCUT2D eigenvalue weighted by molar-refractivity contribution is 7.91. The van der Waals surface area contributed by atoms with Gasteiger partial charge in [-0.2, -0.15) is 10.5 Å². The van der Waals surface area contributed by atoms with Gasteiger partial charge < -0.3 is 10.2 Å². The van der Waals surface area contributed by atoms with Crippen LogP contribution in [0.5, 0.6) is 0 Å². The van der Waals surface area contributed by atoms with Crippen LogP contribution in [0.3, 0.4) is 0 Å². The SMILES string of the molecule is N#Cc1ccc(-c2nc([C@@H]3CCCC[C@H]3C(=O)NC3(C#N)CC3)c(-c3ccc(N4CCS(=O)(=O)CC4)cc3)s2)cc1. The lowest BCUT2D eigenvalue weighted by Crippen LogP contribution is -2.42. The van der Waals surface area contributed by atoms with Crippen molar-refractivity contribution in [1.82, 2.24) is 10.3 Å². The van der Waals surface area contributed by atoms with E-state index in [0.29, 0.717) is 31.5 Å². The zero-order chi connectivity index (χ0) is 28.6. The van der Waals surface area contributed by atoms with Gasteiger partial charge in [0.05, 0.1) is 39.8 Å². The maximum atomic E-state index is 13.5. The van der Waals surface area contributed by atoms with E-state index >= 15 is 0 Å². The van der Waals surface area contributed by atoms with Crippen molar-refractivity contribution in [3.63, 3.8) is 0 Å². The number of anilines is 1. The number of hydrogen-bond acceptors (Lipinski definition) is 8. The molecule has 0 unspecified atom stereocenters. The number of rotatable bonds is 6. The van der Waals surface area contributed by atoms with Crippen LogP contribution in [0.25, 0.3) is 21.0 Å². The second-order valence-electron chi connectivity index (χ2n) is 11.3. The molecular weight excluding hydrogens is 555 g/mol. The third kappa shape index (κ3) is 5.72. The highest BCUT2D eigenvalue weighted by Gasteiger charge is 2.47. The van der Waals surface area contributed by atoms with Crippen molar-refractivity contribution in [1.29, 1.82) is 10.5 Å². The molecule has 10 heteroatoms. The van der Waals surface area contributed by atoms with E-state index in [0.717, 1.165) is 58.1 Å². The van der Waals surface area contributed by atoms with Crippen LogP contribution in [0.2, 0.25) is 0 Å². The van der Waals surface area contributed by atoms with Crippen molar-refractivity contribution in [2.24, 2.45) is 5.92 Å². The third-order valence-electron chi connectivity index (χ3n) is 8.53. The molecule has 2 saturated carbocycles. The maximum absolute atomic E-state index is 13.5. The number of nitrogens with one attached hydrogen (secondary N) is 1. The molecule has 0 bridgehead atoms. The number of aromatic nitrogens is 1. The molecular formula is C31H31N5O3S2. The number of nitrogens with zero attached hydrogens (tertiary/aromatic N) is 4. The predicted octanol–water partition coefficient (Wildman–Crippen LogP) is 5.03. The Bertz CT molecular complexity index is 1630. The summed E-state index contributed by atoms with van der Waals surface area (Å²) in [5.41, 5.74) is 3.71. The first-order valence-corrected chi connectivity index (χ1v) is 16.7. The van der Waals surface area contributed by atoms with Crippen molar-refractivity contribution < 1.29 is 13.2 Å². The van der Waals surface area contributed by atoms with Gasteiger partial charge in [-0.3, -0.25) is 4.79 Å². The Kier molecular flexibility index (Phi) is 7.31. The summed E-state index contributed by atoms with van der Waals surface area (Å²) in [6.45, 7) is 0.971. The highest BCUT2D eigenvalue weighted by Crippen LogP contribution is 2.46. The van der Waals surface area contributed by atoms with Crippen LogP contribution < -0.4 is 10.2 Å². The van der Waals surface area contributed by atoms with E-state index in [9.17, 15) is 23.7 Å². The van der Waals surface area contributed by atoms with E-state index in [2.05, 4.69) is 34.5 Å². The van der Waals surface area contributed by atoms with Gasteiger partial charge >= 0.3 is 0 Å². The highest BCUT2D eigenvalue weighted by atomic mass is 32.2. The molecule has 0 spiro atoms. The number of nitriles is 2. The molecule has 2 aliphatic carbocycles. The lowest BCUT2D eigenvalue weighted by molar-refractivity contribution is -0.127. The molecule has 1 aromatic heterocycles. The Morgan fingerprint density at radius 2 is 1.63 bits per heavy atom. The topological polar surface area (TPSA) is 127 Å². The molecule has 41 heavy (non-hydrogen) atoms. The number of carbonyl (C=O) groups excluding carboxylic acids is 1. The van der Waals surface area contributed by atoms with E-state index in [1.807, 2.05) is 24.3 Å². The van der Waals surface area contributed by atoms with E-state index in [1.54, 1.807) is 23.5 Å². The molecule has 210 valence electrons. The largest absolute Gasteiger partial charge is 0.369 e. The summed E-state index contributed by atoms with van der Waals surface area (Å²) in [5.74, 6) is -0.0368. The van der Waals surface area contributed by atoms with Crippen LogP contribution >= 0.6 is 11.3 Å². The molecule has 1 saturated heterocycles. The van der Waals surface area contributed by atoms with Gasteiger partial charge in [0.25, 0.3) is 0 Å². The number of benzene rings is 2. The van der Waals surface area contributed by atoms with Gasteiger partial charge in [-0.25, -0.2) is 13.4 Å². The molecule has 6 rings (SSSR count). The zero-order valence-electron chi connectivity index (χ0n) is 22.7. The number of hydrogen-bond donors (Lipinski definition) is 1. The summed E-state index contributed by atoms with van der Waals surface area (Å²) in [6, 6.07) is 20.0. The van der Waals surface area contributed by atoms with E-state index in [1.165, 1.54) is 0 Å². The Hall–Kier alpha value is -3.73. The Morgan fingerprint density at radius 3 is 2.27 bits per heavy atom. The average Bonchev–Trinajstić information content (AvgIpc) is 3.63. The summed E-state index contributed by atoms with van der Waals surface area (Å²) in [6.07, 6.45) is 4.99. The van der Waals surface area contributed by atoms with Crippen molar-refractivity contribution in [2.75, 3.05) is 29.5 Å². The Morgan fingerprint density at radius 1 is 0.976 bits per heavy atom. The van der Waals surface area contributed by atoms with Gasteiger partial charge in [-0.15, -0.1) is 11.3 Å². The minimum absolute atomic E-state index is 0.0528. The monoisotopic (exact) mass is 585 g/mol. The van der Waals surface area contributed by atoms with Gasteiger partial charge in [0, 0.05) is 36.2 Å². The van der Waals surface area contributed by atoms with Crippen molar-refractivity contribution >= 4 is 32.8 Å². The van der Waals surface area contributed by atoms with Crippen LogP contribution in [-0.4, -0.2) is 49.4 Å². The minimum Gasteiger partial charge on any atom is -0.369 e. The molecule has 2 atom stereocenters. The summed E-state index contributed by atoms with van der Waals surface area (Å²) in [4.78, 5) is 21.8. The molecule has 3 aliphatic rings. The van der Waals surface area contributed by atoms with Gasteiger partial charge in [-0.1, -0.05) is 37.1 Å². The minimum atomic E-state index is -2.96. The number of thiazole rings is 1. The first-order valence-electron chi connectivity index (χ1n) is 14.1. The molecule has 2 heterocycles. The second-order valence-corrected chi connectivity index (χ2v) is 14.6. The van der Waals surface area contributed by atoms with Gasteiger partial charge in [0.2, 0.25) is 5.91 Å². The van der Waals surface area contributed by atoms with E-state index in [-0.39, 0.29) is 29.2 Å². The quantitative estimate of drug-likeness (QED) is 0.430. The number of carbonyl (C=O) groups is 1. The van der Waals surface area contributed by atoms with Crippen molar-refractivity contribution in [3.8, 4) is 33.2 Å². The van der Waals surface area contributed by atoms with Crippen LogP contribution in [0.1, 0.15) is 55.7 Å². The second kappa shape index (κ2) is 10.9. The van der Waals surface area contributed by atoms with Crippen LogP contribution in [0, 0.1) is 28.6 Å². The fraction of sp³-hybridized carbons (Fsp3) is 0.419. The van der Waals surface area contributed by atoms with Gasteiger partial charge in [0.15, 0.2) is 9.84 Å². The van der Waals surface area contributed by atoms with Gasteiger partial charge in [0.1, 0.15) is 10.5 Å². The molecule has 2 aromatic carbocycles. The molecule has 3 fully saturated rings. The normalized spacial score (nSPS) is 22.7. The molecule has 1 amide bonds. The lowest BCUT2D eigenvalue weighted by atomic mass is 9.76. The molecule has 1 aliphatic heterocycles. The van der Waals surface area contributed by atoms with Crippen LogP contribution in [0.4, 0.5) is 5.69 Å². The van der Waals surface area contributed by atoms with E-state index < -0.39 is 15.4 Å². The van der Waals surface area contributed by atoms with Crippen molar-refractivity contribution in [3.05, 3.63) is 59.8 Å². The van der Waals surface area contributed by atoms with Crippen LogP contribution in [0.15, 0.2) is 48.5 Å². The number of amides is 1. The smallest absolute Gasteiger partial charge is 0.225 e.